The Morgan fingerprint density at radius 1 is 0.789 bits per heavy atom. The van der Waals surface area contributed by atoms with Crippen molar-refractivity contribution in [3.8, 4) is 22.3 Å². The third-order valence-corrected chi connectivity index (χ3v) is 6.62. The fraction of sp³-hybridized carbons (Fsp3) is 0.242. The van der Waals surface area contributed by atoms with Crippen LogP contribution in [0.15, 0.2) is 91.1 Å². The molecule has 0 saturated heterocycles. The van der Waals surface area contributed by atoms with E-state index in [1.807, 2.05) is 24.3 Å². The first-order valence-electron chi connectivity index (χ1n) is 12.9. The average Bonchev–Trinajstić information content (AvgIpc) is 2.92. The Morgan fingerprint density at radius 3 is 2.03 bits per heavy atom. The topological polar surface area (TPSA) is 79.3 Å². The lowest BCUT2D eigenvalue weighted by molar-refractivity contribution is -0.137. The number of carbonyl (C=O) groups excluding carboxylic acids is 1. The third-order valence-electron chi connectivity index (χ3n) is 6.62. The van der Waals surface area contributed by atoms with Crippen molar-refractivity contribution in [2.75, 3.05) is 5.32 Å². The summed E-state index contributed by atoms with van der Waals surface area (Å²) in [7, 11) is 0. The molecule has 0 saturated carbocycles. The maximum Gasteiger partial charge on any atom is 0.303 e. The van der Waals surface area contributed by atoms with Crippen LogP contribution in [0.3, 0.4) is 0 Å². The van der Waals surface area contributed by atoms with Crippen molar-refractivity contribution in [3.05, 3.63) is 108 Å². The number of hydrogen-bond donors (Lipinski definition) is 2. The molecule has 0 atom stereocenters. The third kappa shape index (κ3) is 6.94. The van der Waals surface area contributed by atoms with Gasteiger partial charge in [0.15, 0.2) is 5.78 Å². The molecule has 4 rings (SSSR count). The molecule has 0 fully saturated rings. The number of carboxylic acids is 1. The molecule has 194 valence electrons. The van der Waals surface area contributed by atoms with E-state index in [-0.39, 0.29) is 24.0 Å². The first-order valence-corrected chi connectivity index (χ1v) is 12.9. The number of ketones is 1. The van der Waals surface area contributed by atoms with Crippen LogP contribution in [0.4, 0.5) is 5.69 Å². The smallest absolute Gasteiger partial charge is 0.303 e. The van der Waals surface area contributed by atoms with E-state index in [2.05, 4.69) is 85.7 Å². The van der Waals surface area contributed by atoms with E-state index in [0.29, 0.717) is 18.7 Å². The van der Waals surface area contributed by atoms with Crippen LogP contribution in [-0.2, 0) is 16.8 Å². The standard InChI is InChI=1S/C33H34N2O3/c1-33(2,3)27-16-11-23(12-17-27)24-13-18-28(19-14-24)34-21-25-7-4-5-8-29(25)26-15-20-30(35-22-26)31(36)9-6-10-32(37)38/h4-5,7-8,11-20,22,34H,6,9-10,21H2,1-3H3,(H,37,38). The number of aliphatic carboxylic acids is 1. The SMILES string of the molecule is CC(C)(C)c1ccc(-c2ccc(NCc3ccccc3-c3ccc(C(=O)CCCC(=O)O)nc3)cc2)cc1. The Balaban J connectivity index is 1.40. The van der Waals surface area contributed by atoms with Gasteiger partial charge in [0.1, 0.15) is 5.69 Å². The van der Waals surface area contributed by atoms with E-state index in [0.717, 1.165) is 22.4 Å². The molecule has 1 aromatic heterocycles. The second-order valence-corrected chi connectivity index (χ2v) is 10.5. The average molecular weight is 507 g/mol. The van der Waals surface area contributed by atoms with Gasteiger partial charge in [0, 0.05) is 36.8 Å². The van der Waals surface area contributed by atoms with Gasteiger partial charge in [-0.15, -0.1) is 0 Å². The molecule has 0 spiro atoms. The van der Waals surface area contributed by atoms with Gasteiger partial charge < -0.3 is 10.4 Å². The number of nitrogens with zero attached hydrogens (tertiary/aromatic N) is 1. The summed E-state index contributed by atoms with van der Waals surface area (Å²) >= 11 is 0. The number of hydrogen-bond acceptors (Lipinski definition) is 4. The molecule has 0 unspecified atom stereocenters. The van der Waals surface area contributed by atoms with Gasteiger partial charge in [0.05, 0.1) is 0 Å². The molecule has 1 heterocycles. The van der Waals surface area contributed by atoms with Crippen LogP contribution in [0.5, 0.6) is 0 Å². The lowest BCUT2D eigenvalue weighted by Gasteiger charge is -2.19. The maximum absolute atomic E-state index is 12.3. The number of Topliss-reactive ketones (excluding diaryl/α,β-unsaturated/α-hetero) is 1. The maximum atomic E-state index is 12.3. The molecule has 0 aliphatic carbocycles. The van der Waals surface area contributed by atoms with E-state index in [1.54, 1.807) is 12.3 Å². The molecule has 0 aliphatic heterocycles. The molecule has 0 radical (unpaired) electrons. The summed E-state index contributed by atoms with van der Waals surface area (Å²) < 4.78 is 0. The van der Waals surface area contributed by atoms with Crippen LogP contribution >= 0.6 is 0 Å². The lowest BCUT2D eigenvalue weighted by Crippen LogP contribution is -2.10. The summed E-state index contributed by atoms with van der Waals surface area (Å²) in [4.78, 5) is 27.3. The number of aromatic nitrogens is 1. The zero-order valence-corrected chi connectivity index (χ0v) is 22.2. The first-order chi connectivity index (χ1) is 18.2. The minimum Gasteiger partial charge on any atom is -0.481 e. The van der Waals surface area contributed by atoms with Gasteiger partial charge in [-0.2, -0.15) is 0 Å². The highest BCUT2D eigenvalue weighted by Crippen LogP contribution is 2.28. The fourth-order valence-corrected chi connectivity index (χ4v) is 4.34. The number of rotatable bonds is 10. The Kier molecular flexibility index (Phi) is 8.37. The predicted molar refractivity (Wildman–Crippen MR) is 153 cm³/mol. The second-order valence-electron chi connectivity index (χ2n) is 10.5. The summed E-state index contributed by atoms with van der Waals surface area (Å²) in [6, 6.07) is 29.0. The number of anilines is 1. The highest BCUT2D eigenvalue weighted by atomic mass is 16.4. The Hall–Kier alpha value is -4.25. The quantitative estimate of drug-likeness (QED) is 0.215. The monoisotopic (exact) mass is 506 g/mol. The molecule has 0 amide bonds. The predicted octanol–water partition coefficient (Wildman–Crippen LogP) is 7.76. The van der Waals surface area contributed by atoms with Gasteiger partial charge in [0.25, 0.3) is 0 Å². The van der Waals surface area contributed by atoms with Crippen LogP contribution in [0, 0.1) is 0 Å². The van der Waals surface area contributed by atoms with Crippen molar-refractivity contribution >= 4 is 17.4 Å². The zero-order chi connectivity index (χ0) is 27.1. The van der Waals surface area contributed by atoms with Crippen molar-refractivity contribution in [3.63, 3.8) is 0 Å². The van der Waals surface area contributed by atoms with E-state index < -0.39 is 5.97 Å². The first kappa shape index (κ1) is 26.8. The molecular formula is C33H34N2O3. The number of carboxylic acid groups (broad SMARTS) is 1. The number of benzene rings is 3. The van der Waals surface area contributed by atoms with Crippen LogP contribution < -0.4 is 5.32 Å². The number of carbonyl (C=O) groups is 2. The van der Waals surface area contributed by atoms with Crippen LogP contribution in [0.2, 0.25) is 0 Å². The van der Waals surface area contributed by atoms with Crippen molar-refractivity contribution in [2.24, 2.45) is 0 Å². The molecule has 4 aromatic rings. The largest absolute Gasteiger partial charge is 0.481 e. The van der Waals surface area contributed by atoms with Gasteiger partial charge >= 0.3 is 5.97 Å². The van der Waals surface area contributed by atoms with E-state index in [4.69, 9.17) is 5.11 Å². The molecule has 3 aromatic carbocycles. The van der Waals surface area contributed by atoms with Gasteiger partial charge in [-0.1, -0.05) is 87.5 Å². The van der Waals surface area contributed by atoms with Crippen molar-refractivity contribution in [1.82, 2.24) is 4.98 Å². The Labute approximate surface area is 224 Å². The highest BCUT2D eigenvalue weighted by molar-refractivity contribution is 5.94. The molecule has 0 bridgehead atoms. The lowest BCUT2D eigenvalue weighted by atomic mass is 9.86. The van der Waals surface area contributed by atoms with Gasteiger partial charge in [-0.3, -0.25) is 14.6 Å². The van der Waals surface area contributed by atoms with Crippen LogP contribution in [0.25, 0.3) is 22.3 Å². The minimum absolute atomic E-state index is 0.0164. The van der Waals surface area contributed by atoms with Gasteiger partial charge in [0.2, 0.25) is 0 Å². The molecule has 0 aliphatic rings. The Morgan fingerprint density at radius 2 is 1.42 bits per heavy atom. The van der Waals surface area contributed by atoms with Crippen molar-refractivity contribution < 1.29 is 14.7 Å². The van der Waals surface area contributed by atoms with Crippen molar-refractivity contribution in [1.29, 1.82) is 0 Å². The summed E-state index contributed by atoms with van der Waals surface area (Å²) in [5, 5.41) is 12.3. The molecule has 5 heteroatoms. The highest BCUT2D eigenvalue weighted by Gasteiger charge is 2.13. The van der Waals surface area contributed by atoms with Gasteiger partial charge in [-0.25, -0.2) is 0 Å². The molecule has 38 heavy (non-hydrogen) atoms. The minimum atomic E-state index is -0.895. The van der Waals surface area contributed by atoms with Gasteiger partial charge in [-0.05, 0) is 57.9 Å². The molecule has 5 nitrogen and oxygen atoms in total. The molecule has 2 N–H and O–H groups in total. The summed E-state index contributed by atoms with van der Waals surface area (Å²) in [6.45, 7) is 7.31. The Bertz CT molecular complexity index is 1380. The van der Waals surface area contributed by atoms with Crippen LogP contribution in [-0.4, -0.2) is 21.8 Å². The van der Waals surface area contributed by atoms with Crippen LogP contribution in [0.1, 0.15) is 61.6 Å². The normalized spacial score (nSPS) is 11.2. The van der Waals surface area contributed by atoms with Crippen molar-refractivity contribution in [2.45, 2.75) is 52.0 Å². The molecular weight excluding hydrogens is 472 g/mol. The second kappa shape index (κ2) is 11.9. The number of nitrogens with one attached hydrogen (secondary N) is 1. The summed E-state index contributed by atoms with van der Waals surface area (Å²) in [6.07, 6.45) is 2.19. The fourth-order valence-electron chi connectivity index (χ4n) is 4.34. The summed E-state index contributed by atoms with van der Waals surface area (Å²) in [5.41, 5.74) is 8.35. The number of pyridine rings is 1. The van der Waals surface area contributed by atoms with E-state index in [9.17, 15) is 9.59 Å². The van der Waals surface area contributed by atoms with E-state index in [1.165, 1.54) is 16.7 Å². The van der Waals surface area contributed by atoms with E-state index >= 15 is 0 Å². The summed E-state index contributed by atoms with van der Waals surface area (Å²) in [5.74, 6) is -1.03. The zero-order valence-electron chi connectivity index (χ0n) is 22.2.